The fourth-order valence-electron chi connectivity index (χ4n) is 3.69. The predicted molar refractivity (Wildman–Crippen MR) is 146 cm³/mol. The molecule has 1 aliphatic carbocycles. The van der Waals surface area contributed by atoms with Crippen molar-refractivity contribution in [3.05, 3.63) is 80.7 Å². The van der Waals surface area contributed by atoms with Gasteiger partial charge in [-0.2, -0.15) is 13.2 Å². The van der Waals surface area contributed by atoms with Gasteiger partial charge in [-0.15, -0.1) is 11.3 Å². The summed E-state index contributed by atoms with van der Waals surface area (Å²) in [6, 6.07) is 12.6. The van der Waals surface area contributed by atoms with E-state index in [1.54, 1.807) is 23.6 Å². The Labute approximate surface area is 237 Å². The first kappa shape index (κ1) is 32.9. The second-order valence-electron chi connectivity index (χ2n) is 8.65. The van der Waals surface area contributed by atoms with Crippen molar-refractivity contribution in [3.8, 4) is 0 Å². The van der Waals surface area contributed by atoms with Crippen LogP contribution in [0, 0.1) is 0 Å². The Morgan fingerprint density at radius 2 is 1.68 bits per heavy atom. The molecule has 0 radical (unpaired) electrons. The van der Waals surface area contributed by atoms with Crippen LogP contribution in [-0.4, -0.2) is 51.7 Å². The molecular weight excluding hydrogens is 565 g/mol. The van der Waals surface area contributed by atoms with Gasteiger partial charge in [0.15, 0.2) is 0 Å². The van der Waals surface area contributed by atoms with Crippen molar-refractivity contribution in [2.24, 2.45) is 11.5 Å². The number of rotatable bonds is 7. The van der Waals surface area contributed by atoms with Gasteiger partial charge in [0.2, 0.25) is 5.91 Å². The number of aromatic nitrogens is 1. The predicted octanol–water partition coefficient (Wildman–Crippen LogP) is 3.80. The molecule has 0 fully saturated rings. The highest BCUT2D eigenvalue weighted by Gasteiger charge is 2.38. The first-order valence-corrected chi connectivity index (χ1v) is 13.1. The number of hydrogen-bond donors (Lipinski definition) is 4. The average Bonchev–Trinajstić information content (AvgIpc) is 3.60. The van der Waals surface area contributed by atoms with Crippen molar-refractivity contribution in [1.29, 1.82) is 0 Å². The van der Waals surface area contributed by atoms with Gasteiger partial charge in [0.25, 0.3) is 5.91 Å². The van der Waals surface area contributed by atoms with Crippen molar-refractivity contribution in [3.63, 3.8) is 0 Å². The molecule has 6 N–H and O–H groups in total. The quantitative estimate of drug-likeness (QED) is 0.319. The largest absolute Gasteiger partial charge is 0.490 e. The minimum Gasteiger partial charge on any atom is -0.480 e. The maximum atomic E-state index is 12.6. The Kier molecular flexibility index (Phi) is 12.0. The van der Waals surface area contributed by atoms with Crippen LogP contribution in [0.1, 0.15) is 55.8 Å². The lowest BCUT2D eigenvalue weighted by molar-refractivity contribution is -0.192. The first-order valence-electron chi connectivity index (χ1n) is 12.3. The Morgan fingerprint density at radius 3 is 2.22 bits per heavy atom. The molecule has 0 atom stereocenters. The van der Waals surface area contributed by atoms with Gasteiger partial charge < -0.3 is 21.7 Å². The number of fused-ring (bicyclic) bond motifs is 1. The van der Waals surface area contributed by atoms with Crippen molar-refractivity contribution < 1.29 is 42.6 Å². The normalized spacial score (nSPS) is 11.7. The fourth-order valence-corrected chi connectivity index (χ4v) is 4.43. The van der Waals surface area contributed by atoms with Crippen LogP contribution in [-0.2, 0) is 35.4 Å². The lowest BCUT2D eigenvalue weighted by atomic mass is 10.1. The molecule has 0 saturated heterocycles. The third kappa shape index (κ3) is 9.99. The summed E-state index contributed by atoms with van der Waals surface area (Å²) in [5.41, 5.74) is 15.3. The molecule has 1 aromatic heterocycles. The van der Waals surface area contributed by atoms with Gasteiger partial charge in [-0.25, -0.2) is 9.78 Å². The fraction of sp³-hybridized carbons (Fsp3) is 0.296. The number of carboxylic acids is 2. The number of anilines is 1. The van der Waals surface area contributed by atoms with E-state index in [1.807, 2.05) is 31.2 Å². The van der Waals surface area contributed by atoms with Crippen molar-refractivity contribution >= 4 is 40.9 Å². The van der Waals surface area contributed by atoms with Crippen LogP contribution in [0.4, 0.5) is 19.0 Å². The number of alkyl halides is 3. The van der Waals surface area contributed by atoms with Gasteiger partial charge in [-0.1, -0.05) is 25.1 Å². The Balaban J connectivity index is 0.000000257. The molecule has 0 bridgehead atoms. The molecule has 0 unspecified atom stereocenters. The van der Waals surface area contributed by atoms with Crippen molar-refractivity contribution in [1.82, 2.24) is 4.98 Å². The summed E-state index contributed by atoms with van der Waals surface area (Å²) < 4.78 is 31.7. The molecule has 220 valence electrons. The van der Waals surface area contributed by atoms with E-state index >= 15 is 0 Å². The van der Waals surface area contributed by atoms with Crippen molar-refractivity contribution in [2.45, 2.75) is 45.3 Å². The second-order valence-corrected chi connectivity index (χ2v) is 9.59. The Bertz CT molecular complexity index is 1390. The number of carbonyl (C=O) groups excluding carboxylic acids is 2. The summed E-state index contributed by atoms with van der Waals surface area (Å²) in [4.78, 5) is 48.9. The zero-order chi connectivity index (χ0) is 30.7. The van der Waals surface area contributed by atoms with Crippen LogP contribution in [0.25, 0.3) is 0 Å². The molecule has 0 aliphatic heterocycles. The number of aryl methyl sites for hydroxylation is 3. The van der Waals surface area contributed by atoms with Gasteiger partial charge in [0.05, 0.1) is 5.01 Å². The third-order valence-corrected chi connectivity index (χ3v) is 6.67. The second kappa shape index (κ2) is 14.9. The van der Waals surface area contributed by atoms with E-state index < -0.39 is 30.6 Å². The summed E-state index contributed by atoms with van der Waals surface area (Å²) in [5.74, 6) is -4.20. The molecule has 4 rings (SSSR count). The molecule has 0 spiro atoms. The van der Waals surface area contributed by atoms with Crippen LogP contribution in [0.3, 0.4) is 0 Å². The molecule has 1 heterocycles. The van der Waals surface area contributed by atoms with Crippen molar-refractivity contribution in [2.75, 3.05) is 11.4 Å². The minimum atomic E-state index is -5.08. The van der Waals surface area contributed by atoms with E-state index in [0.29, 0.717) is 23.5 Å². The molecule has 1 aliphatic rings. The van der Waals surface area contributed by atoms with Gasteiger partial charge in [-0.05, 0) is 66.6 Å². The van der Waals surface area contributed by atoms with Crippen LogP contribution >= 0.6 is 11.3 Å². The summed E-state index contributed by atoms with van der Waals surface area (Å²) >= 11 is 1.41. The van der Waals surface area contributed by atoms with E-state index in [4.69, 9.17) is 26.5 Å². The Hall–Kier alpha value is -4.30. The number of primary amides is 1. The van der Waals surface area contributed by atoms with E-state index in [-0.39, 0.29) is 5.91 Å². The van der Waals surface area contributed by atoms with Crippen LogP contribution in [0.15, 0.2) is 47.8 Å². The number of benzene rings is 2. The highest BCUT2D eigenvalue weighted by Crippen LogP contribution is 2.23. The first-order chi connectivity index (χ1) is 19.3. The van der Waals surface area contributed by atoms with Gasteiger partial charge in [0, 0.05) is 23.1 Å². The van der Waals surface area contributed by atoms with E-state index in [2.05, 4.69) is 4.98 Å². The molecule has 41 heavy (non-hydrogen) atoms. The van der Waals surface area contributed by atoms with E-state index in [0.717, 1.165) is 29.8 Å². The number of thiazole rings is 1. The number of amides is 2. The Morgan fingerprint density at radius 1 is 1.02 bits per heavy atom. The maximum Gasteiger partial charge on any atom is 0.490 e. The van der Waals surface area contributed by atoms with E-state index in [1.165, 1.54) is 33.8 Å². The van der Waals surface area contributed by atoms with Crippen LogP contribution < -0.4 is 16.4 Å². The lowest BCUT2D eigenvalue weighted by Gasteiger charge is -2.18. The zero-order valence-electron chi connectivity index (χ0n) is 22.0. The van der Waals surface area contributed by atoms with Gasteiger partial charge in [0.1, 0.15) is 12.4 Å². The SMILES string of the molecule is CCc1nc(N(CC(=O)O)C(=O)c2cccc(CN)c2)cs1.NC(=O)c1ccc2c(c1)CCC2.O=C(O)C(F)(F)F. The van der Waals surface area contributed by atoms with Gasteiger partial charge >= 0.3 is 18.1 Å². The number of carboxylic acid groups (broad SMARTS) is 2. The summed E-state index contributed by atoms with van der Waals surface area (Å²) in [6.07, 6.45) is -0.898. The van der Waals surface area contributed by atoms with E-state index in [9.17, 15) is 27.6 Å². The van der Waals surface area contributed by atoms with Crippen LogP contribution in [0.5, 0.6) is 0 Å². The molecule has 10 nitrogen and oxygen atoms in total. The zero-order valence-corrected chi connectivity index (χ0v) is 22.8. The highest BCUT2D eigenvalue weighted by molar-refractivity contribution is 7.10. The molecular formula is C27H29F3N4O6S. The number of carbonyl (C=O) groups is 4. The monoisotopic (exact) mass is 594 g/mol. The lowest BCUT2D eigenvalue weighted by Crippen LogP contribution is -2.36. The van der Waals surface area contributed by atoms with Gasteiger partial charge in [-0.3, -0.25) is 19.3 Å². The summed E-state index contributed by atoms with van der Waals surface area (Å²) in [6.45, 7) is 1.84. The maximum absolute atomic E-state index is 12.6. The average molecular weight is 595 g/mol. The number of nitrogens with zero attached hydrogens (tertiary/aromatic N) is 2. The highest BCUT2D eigenvalue weighted by atomic mass is 32.1. The number of hydrogen-bond acceptors (Lipinski definition) is 7. The molecule has 14 heteroatoms. The molecule has 3 aromatic rings. The number of aliphatic carboxylic acids is 2. The molecule has 2 aromatic carbocycles. The number of halogens is 3. The molecule has 2 amide bonds. The standard InChI is InChI=1S/C15H17N3O3S.C10H11NO.C2HF3O2/c1-2-13-17-12(9-22-13)18(8-14(19)20)15(21)11-5-3-4-10(6-11)7-16;11-10(12)9-5-4-7-2-1-3-8(7)6-9;3-2(4,5)1(6)7/h3-6,9H,2,7-8,16H2,1H3,(H,19,20);4-6H,1-3H2,(H2,11,12);(H,6,7). The third-order valence-electron chi connectivity index (χ3n) is 5.69. The summed E-state index contributed by atoms with van der Waals surface area (Å²) in [5, 5.41) is 18.7. The number of nitrogens with two attached hydrogens (primary N) is 2. The molecule has 0 saturated carbocycles. The smallest absolute Gasteiger partial charge is 0.480 e. The minimum absolute atomic E-state index is 0.316. The van der Waals surface area contributed by atoms with Crippen LogP contribution in [0.2, 0.25) is 0 Å². The topological polar surface area (TPSA) is 177 Å². The summed E-state index contributed by atoms with van der Waals surface area (Å²) in [7, 11) is 0.